The van der Waals surface area contributed by atoms with Gasteiger partial charge in [-0.15, -0.1) is 0 Å². The number of unbranched alkanes of at least 4 members (excludes halogenated alkanes) is 2. The standard InChI is InChI=1S/C32H40O6/c1-6-7-8-10-23-12-14-24(15-13-23)28-19-25-16-17-26(20-29(25)36-28)35-21-30-27(37-32(4,5)38-30)11-9-18-34-31(33)22(2)3/h12-17,19-20,27,30H,2,6-11,18,21H2,1,3-5H3. The van der Waals surface area contributed by atoms with Crippen LogP contribution in [0, 0.1) is 0 Å². The molecule has 0 radical (unpaired) electrons. The molecule has 6 nitrogen and oxygen atoms in total. The Hall–Kier alpha value is -3.09. The lowest BCUT2D eigenvalue weighted by molar-refractivity contribution is -0.149. The first-order chi connectivity index (χ1) is 18.2. The van der Waals surface area contributed by atoms with Crippen LogP contribution in [0.3, 0.4) is 0 Å². The van der Waals surface area contributed by atoms with Crippen molar-refractivity contribution in [3.63, 3.8) is 0 Å². The molecule has 3 aromatic rings. The molecule has 1 saturated heterocycles. The molecule has 1 aliphatic rings. The van der Waals surface area contributed by atoms with Crippen molar-refractivity contribution >= 4 is 16.9 Å². The summed E-state index contributed by atoms with van der Waals surface area (Å²) in [5.74, 6) is 0.495. The molecule has 0 spiro atoms. The van der Waals surface area contributed by atoms with E-state index < -0.39 is 5.79 Å². The van der Waals surface area contributed by atoms with Crippen LogP contribution < -0.4 is 4.74 Å². The molecular weight excluding hydrogens is 480 g/mol. The van der Waals surface area contributed by atoms with Gasteiger partial charge in [0.2, 0.25) is 0 Å². The van der Waals surface area contributed by atoms with E-state index in [4.69, 9.17) is 23.4 Å². The highest BCUT2D eigenvalue weighted by atomic mass is 16.8. The number of carbonyl (C=O) groups is 1. The van der Waals surface area contributed by atoms with Crippen LogP contribution >= 0.6 is 0 Å². The number of ether oxygens (including phenoxy) is 4. The van der Waals surface area contributed by atoms with E-state index in [-0.39, 0.29) is 18.2 Å². The molecule has 204 valence electrons. The molecule has 2 atom stereocenters. The van der Waals surface area contributed by atoms with Gasteiger partial charge in [0.05, 0.1) is 12.7 Å². The molecule has 2 unspecified atom stereocenters. The summed E-state index contributed by atoms with van der Waals surface area (Å²) in [7, 11) is 0. The molecule has 0 bridgehead atoms. The fourth-order valence-corrected chi connectivity index (χ4v) is 4.70. The molecule has 4 rings (SSSR count). The van der Waals surface area contributed by atoms with Crippen molar-refractivity contribution in [2.24, 2.45) is 0 Å². The molecule has 2 heterocycles. The van der Waals surface area contributed by atoms with E-state index in [9.17, 15) is 4.79 Å². The number of furan rings is 1. The maximum atomic E-state index is 11.6. The quantitative estimate of drug-likeness (QED) is 0.131. The predicted octanol–water partition coefficient (Wildman–Crippen LogP) is 7.63. The van der Waals surface area contributed by atoms with Crippen LogP contribution in [-0.4, -0.2) is 37.2 Å². The fourth-order valence-electron chi connectivity index (χ4n) is 4.70. The van der Waals surface area contributed by atoms with Crippen molar-refractivity contribution in [2.45, 2.75) is 84.2 Å². The minimum Gasteiger partial charge on any atom is -0.491 e. The van der Waals surface area contributed by atoms with Crippen molar-refractivity contribution in [3.05, 3.63) is 66.2 Å². The van der Waals surface area contributed by atoms with Crippen molar-refractivity contribution in [1.82, 2.24) is 0 Å². The number of carbonyl (C=O) groups excluding carboxylic acids is 1. The van der Waals surface area contributed by atoms with Gasteiger partial charge in [0.15, 0.2) is 5.79 Å². The van der Waals surface area contributed by atoms with E-state index in [1.54, 1.807) is 6.92 Å². The van der Waals surface area contributed by atoms with Crippen LogP contribution in [0.4, 0.5) is 0 Å². The first kappa shape index (κ1) is 27.9. The molecular formula is C32H40O6. The Kier molecular flexibility index (Phi) is 9.29. The Morgan fingerprint density at radius 1 is 1.00 bits per heavy atom. The van der Waals surface area contributed by atoms with Crippen LogP contribution in [0.1, 0.15) is 65.4 Å². The Morgan fingerprint density at radius 2 is 1.76 bits per heavy atom. The Labute approximate surface area is 225 Å². The molecule has 1 aliphatic heterocycles. The van der Waals surface area contributed by atoms with E-state index in [1.807, 2.05) is 32.0 Å². The lowest BCUT2D eigenvalue weighted by Crippen LogP contribution is -2.29. The molecule has 0 aliphatic carbocycles. The predicted molar refractivity (Wildman–Crippen MR) is 149 cm³/mol. The summed E-state index contributed by atoms with van der Waals surface area (Å²) in [4.78, 5) is 11.6. The topological polar surface area (TPSA) is 67.1 Å². The highest BCUT2D eigenvalue weighted by molar-refractivity contribution is 5.87. The number of fused-ring (bicyclic) bond motifs is 1. The second-order valence-electron chi connectivity index (χ2n) is 10.5. The number of benzene rings is 2. The first-order valence-corrected chi connectivity index (χ1v) is 13.7. The van der Waals surface area contributed by atoms with E-state index in [1.165, 1.54) is 24.8 Å². The van der Waals surface area contributed by atoms with Gasteiger partial charge < -0.3 is 23.4 Å². The van der Waals surface area contributed by atoms with E-state index >= 15 is 0 Å². The highest BCUT2D eigenvalue weighted by Gasteiger charge is 2.41. The average molecular weight is 521 g/mol. The van der Waals surface area contributed by atoms with Gasteiger partial charge in [-0.05, 0) is 70.2 Å². The average Bonchev–Trinajstić information content (AvgIpc) is 3.45. The van der Waals surface area contributed by atoms with E-state index in [2.05, 4.69) is 43.8 Å². The minimum atomic E-state index is -0.696. The van der Waals surface area contributed by atoms with Crippen LogP contribution in [0.2, 0.25) is 0 Å². The maximum Gasteiger partial charge on any atom is 0.333 e. The Morgan fingerprint density at radius 3 is 2.50 bits per heavy atom. The fraction of sp³-hybridized carbons (Fsp3) is 0.469. The van der Waals surface area contributed by atoms with E-state index in [0.717, 1.165) is 28.7 Å². The molecule has 0 saturated carbocycles. The van der Waals surface area contributed by atoms with Gasteiger partial charge in [0.1, 0.15) is 29.8 Å². The van der Waals surface area contributed by atoms with Gasteiger partial charge in [-0.1, -0.05) is 50.6 Å². The van der Waals surface area contributed by atoms with Crippen molar-refractivity contribution in [2.75, 3.05) is 13.2 Å². The van der Waals surface area contributed by atoms with Gasteiger partial charge in [-0.25, -0.2) is 4.79 Å². The summed E-state index contributed by atoms with van der Waals surface area (Å²) in [5.41, 5.74) is 3.61. The third-order valence-corrected chi connectivity index (χ3v) is 6.71. The second-order valence-corrected chi connectivity index (χ2v) is 10.5. The number of hydrogen-bond acceptors (Lipinski definition) is 6. The number of esters is 1. The summed E-state index contributed by atoms with van der Waals surface area (Å²) in [6.07, 6.45) is 5.81. The SMILES string of the molecule is C=C(C)C(=O)OCCCC1OC(C)(C)OC1COc1ccc2cc(-c3ccc(CCCCC)cc3)oc2c1. The van der Waals surface area contributed by atoms with Gasteiger partial charge in [-0.2, -0.15) is 0 Å². The van der Waals surface area contributed by atoms with Crippen LogP contribution in [-0.2, 0) is 25.4 Å². The van der Waals surface area contributed by atoms with Crippen molar-refractivity contribution < 1.29 is 28.2 Å². The summed E-state index contributed by atoms with van der Waals surface area (Å²) in [6.45, 7) is 11.9. The molecule has 2 aromatic carbocycles. The van der Waals surface area contributed by atoms with Crippen LogP contribution in [0.5, 0.6) is 5.75 Å². The lowest BCUT2D eigenvalue weighted by Gasteiger charge is -2.17. The van der Waals surface area contributed by atoms with Gasteiger partial charge in [0, 0.05) is 22.6 Å². The third kappa shape index (κ3) is 7.49. The minimum absolute atomic E-state index is 0.155. The van der Waals surface area contributed by atoms with Gasteiger partial charge >= 0.3 is 5.97 Å². The van der Waals surface area contributed by atoms with Gasteiger partial charge in [-0.3, -0.25) is 0 Å². The summed E-state index contributed by atoms with van der Waals surface area (Å²) < 4.78 is 29.7. The van der Waals surface area contributed by atoms with Crippen LogP contribution in [0.15, 0.2) is 65.1 Å². The first-order valence-electron chi connectivity index (χ1n) is 13.7. The molecule has 1 fully saturated rings. The monoisotopic (exact) mass is 520 g/mol. The smallest absolute Gasteiger partial charge is 0.333 e. The molecule has 6 heteroatoms. The summed E-state index contributed by atoms with van der Waals surface area (Å²) in [5, 5.41) is 1.03. The second kappa shape index (κ2) is 12.6. The molecule has 38 heavy (non-hydrogen) atoms. The van der Waals surface area contributed by atoms with Crippen molar-refractivity contribution in [1.29, 1.82) is 0 Å². The molecule has 0 N–H and O–H groups in total. The van der Waals surface area contributed by atoms with Crippen LogP contribution in [0.25, 0.3) is 22.3 Å². The zero-order valence-corrected chi connectivity index (χ0v) is 23.1. The zero-order chi connectivity index (χ0) is 27.1. The summed E-state index contributed by atoms with van der Waals surface area (Å²) >= 11 is 0. The Bertz CT molecular complexity index is 1220. The molecule has 0 amide bonds. The molecule has 1 aromatic heterocycles. The lowest BCUT2D eigenvalue weighted by atomic mass is 10.0. The summed E-state index contributed by atoms with van der Waals surface area (Å²) in [6, 6.07) is 16.6. The largest absolute Gasteiger partial charge is 0.491 e. The number of rotatable bonds is 13. The third-order valence-electron chi connectivity index (χ3n) is 6.71. The Balaban J connectivity index is 1.34. The highest BCUT2D eigenvalue weighted by Crippen LogP contribution is 2.33. The number of hydrogen-bond donors (Lipinski definition) is 0. The maximum absolute atomic E-state index is 11.6. The van der Waals surface area contributed by atoms with E-state index in [0.29, 0.717) is 37.4 Å². The van der Waals surface area contributed by atoms with Crippen molar-refractivity contribution in [3.8, 4) is 17.1 Å². The zero-order valence-electron chi connectivity index (χ0n) is 23.1. The normalized spacial score (nSPS) is 18.5. The number of aryl methyl sites for hydroxylation is 1. The van der Waals surface area contributed by atoms with Gasteiger partial charge in [0.25, 0.3) is 0 Å².